The molecule has 7 rings (SSSR count). The summed E-state index contributed by atoms with van der Waals surface area (Å²) in [5.41, 5.74) is 6.08. The van der Waals surface area contributed by atoms with Crippen molar-refractivity contribution in [2.45, 2.75) is 51.0 Å². The van der Waals surface area contributed by atoms with E-state index in [9.17, 15) is 5.26 Å². The van der Waals surface area contributed by atoms with Gasteiger partial charge < -0.3 is 15.0 Å². The molecule has 1 aliphatic carbocycles. The molecular formula is C31H31N7O. The van der Waals surface area contributed by atoms with Crippen molar-refractivity contribution < 1.29 is 4.74 Å². The van der Waals surface area contributed by atoms with Crippen LogP contribution in [0.5, 0.6) is 6.01 Å². The number of ether oxygens (including phenoxy) is 1. The molecule has 0 bridgehead atoms. The van der Waals surface area contributed by atoms with Crippen LogP contribution in [-0.2, 0) is 19.5 Å². The third-order valence-electron chi connectivity index (χ3n) is 8.35. The Kier molecular flexibility index (Phi) is 6.11. The Labute approximate surface area is 228 Å². The van der Waals surface area contributed by atoms with Crippen LogP contribution in [-0.4, -0.2) is 45.5 Å². The van der Waals surface area contributed by atoms with Gasteiger partial charge in [0.2, 0.25) is 0 Å². The molecule has 1 N–H and O–H groups in total. The number of nitrogens with zero attached hydrogens (tertiary/aromatic N) is 6. The lowest BCUT2D eigenvalue weighted by Gasteiger charge is -2.34. The first-order valence-electron chi connectivity index (χ1n) is 13.7. The molecule has 0 spiro atoms. The Hall–Kier alpha value is -4.06. The number of rotatable bonds is 6. The molecule has 8 heteroatoms. The number of hydrogen-bond acceptors (Lipinski definition) is 8. The van der Waals surface area contributed by atoms with Gasteiger partial charge in [-0.3, -0.25) is 9.88 Å². The summed E-state index contributed by atoms with van der Waals surface area (Å²) >= 11 is 0. The number of anilines is 1. The summed E-state index contributed by atoms with van der Waals surface area (Å²) in [6.45, 7) is 5.96. The first-order valence-corrected chi connectivity index (χ1v) is 13.7. The Morgan fingerprint density at radius 1 is 1.10 bits per heavy atom. The van der Waals surface area contributed by atoms with E-state index >= 15 is 0 Å². The van der Waals surface area contributed by atoms with Gasteiger partial charge in [-0.25, -0.2) is 0 Å². The summed E-state index contributed by atoms with van der Waals surface area (Å²) in [5.74, 6) is 0.942. The van der Waals surface area contributed by atoms with Crippen LogP contribution >= 0.6 is 0 Å². The molecule has 1 fully saturated rings. The fraction of sp³-hybridized carbons (Fsp3) is 0.355. The van der Waals surface area contributed by atoms with E-state index in [1.54, 1.807) is 12.4 Å². The van der Waals surface area contributed by atoms with E-state index in [-0.39, 0.29) is 12.1 Å². The van der Waals surface area contributed by atoms with Crippen molar-refractivity contribution in [2.75, 3.05) is 24.5 Å². The predicted molar refractivity (Wildman–Crippen MR) is 149 cm³/mol. The van der Waals surface area contributed by atoms with E-state index in [0.29, 0.717) is 18.5 Å². The zero-order valence-corrected chi connectivity index (χ0v) is 22.0. The molecule has 0 saturated carbocycles. The van der Waals surface area contributed by atoms with Crippen LogP contribution in [0.15, 0.2) is 60.9 Å². The molecule has 8 nitrogen and oxygen atoms in total. The molecule has 0 radical (unpaired) electrons. The Morgan fingerprint density at radius 3 is 2.79 bits per heavy atom. The van der Waals surface area contributed by atoms with Gasteiger partial charge in [-0.15, -0.1) is 0 Å². The van der Waals surface area contributed by atoms with Crippen molar-refractivity contribution in [3.8, 4) is 12.1 Å². The number of nitriles is 1. The van der Waals surface area contributed by atoms with Crippen LogP contribution in [0, 0.1) is 11.3 Å². The topological polar surface area (TPSA) is 90.2 Å². The Balaban J connectivity index is 1.22. The second-order valence-corrected chi connectivity index (χ2v) is 10.7. The maximum Gasteiger partial charge on any atom is 0.319 e. The third kappa shape index (κ3) is 4.38. The van der Waals surface area contributed by atoms with Gasteiger partial charge in [-0.2, -0.15) is 15.2 Å². The maximum atomic E-state index is 9.31. The highest BCUT2D eigenvalue weighted by molar-refractivity contribution is 5.91. The molecule has 196 valence electrons. The minimum absolute atomic E-state index is 0.119. The predicted octanol–water partition coefficient (Wildman–Crippen LogP) is 4.47. The number of benzene rings is 2. The van der Waals surface area contributed by atoms with Crippen LogP contribution in [0.3, 0.4) is 0 Å². The number of nitrogens with one attached hydrogen (secondary N) is 1. The second kappa shape index (κ2) is 9.92. The zero-order chi connectivity index (χ0) is 26.3. The molecular weight excluding hydrogens is 486 g/mol. The van der Waals surface area contributed by atoms with Gasteiger partial charge in [0.15, 0.2) is 0 Å². The van der Waals surface area contributed by atoms with Crippen molar-refractivity contribution in [3.05, 3.63) is 88.9 Å². The Morgan fingerprint density at radius 2 is 1.95 bits per heavy atom. The van der Waals surface area contributed by atoms with Gasteiger partial charge in [-0.1, -0.05) is 36.4 Å². The monoisotopic (exact) mass is 517 g/mol. The summed E-state index contributed by atoms with van der Waals surface area (Å²) in [4.78, 5) is 19.0. The summed E-state index contributed by atoms with van der Waals surface area (Å²) in [6, 6.07) is 20.4. The van der Waals surface area contributed by atoms with Gasteiger partial charge >= 0.3 is 6.01 Å². The van der Waals surface area contributed by atoms with E-state index in [4.69, 9.17) is 14.7 Å². The van der Waals surface area contributed by atoms with Gasteiger partial charge in [0.1, 0.15) is 11.9 Å². The molecule has 2 aromatic carbocycles. The van der Waals surface area contributed by atoms with E-state index in [2.05, 4.69) is 62.6 Å². The third-order valence-corrected chi connectivity index (χ3v) is 8.35. The highest BCUT2D eigenvalue weighted by atomic mass is 16.5. The number of piperazine rings is 1. The molecule has 2 aromatic heterocycles. The molecule has 0 unspecified atom stereocenters. The molecule has 4 aromatic rings. The van der Waals surface area contributed by atoms with E-state index in [1.165, 1.54) is 27.5 Å². The number of fused-ring (bicyclic) bond motifs is 1. The summed E-state index contributed by atoms with van der Waals surface area (Å²) in [6.07, 6.45) is 4.83. The minimum Gasteiger partial charge on any atom is -0.456 e. The molecule has 3 atom stereocenters. The van der Waals surface area contributed by atoms with Crippen LogP contribution in [0.4, 0.5) is 5.82 Å². The lowest BCUT2D eigenvalue weighted by molar-refractivity contribution is 0.199. The van der Waals surface area contributed by atoms with Crippen LogP contribution in [0.1, 0.15) is 53.4 Å². The lowest BCUT2D eigenvalue weighted by atomic mass is 10.0. The van der Waals surface area contributed by atoms with Gasteiger partial charge in [0.25, 0.3) is 0 Å². The first kappa shape index (κ1) is 24.0. The summed E-state index contributed by atoms with van der Waals surface area (Å²) in [5, 5.41) is 15.5. The largest absolute Gasteiger partial charge is 0.456 e. The van der Waals surface area contributed by atoms with Crippen molar-refractivity contribution in [1.82, 2.24) is 25.2 Å². The highest BCUT2D eigenvalue weighted by Crippen LogP contribution is 2.44. The SMILES string of the molecule is C[C@@H](Oc1nc2c(c(N3CCN[C@@H](CC#N)C3)n1)CN([C@@H]1Cc3cccc4cccc1c34)C2)c1ccncc1. The normalized spacial score (nSPS) is 21.1. The standard InChI is InChI=1S/C31H31N7O/c1-20(21-9-12-33-13-10-21)39-31-35-27-19-38(28-16-23-6-2-4-22-5-3-7-25(28)29(22)23)18-26(27)30(36-31)37-15-14-34-24(17-37)8-11-32/h2-7,9-10,12-13,20,24,28,34H,8,14-19H2,1H3/t20-,24+,28-/m1/s1. The molecule has 0 amide bonds. The van der Waals surface area contributed by atoms with E-state index < -0.39 is 0 Å². The van der Waals surface area contributed by atoms with Crippen LogP contribution < -0.4 is 15.0 Å². The molecule has 4 heterocycles. The van der Waals surface area contributed by atoms with Gasteiger partial charge in [0.05, 0.1) is 18.2 Å². The van der Waals surface area contributed by atoms with Crippen molar-refractivity contribution >= 4 is 16.6 Å². The fourth-order valence-corrected chi connectivity index (χ4v) is 6.44. The number of pyridine rings is 1. The molecule has 2 aliphatic heterocycles. The van der Waals surface area contributed by atoms with Gasteiger partial charge in [-0.05, 0) is 52.9 Å². The Bertz CT molecular complexity index is 1560. The summed E-state index contributed by atoms with van der Waals surface area (Å²) in [7, 11) is 0. The quantitative estimate of drug-likeness (QED) is 0.401. The van der Waals surface area contributed by atoms with Crippen molar-refractivity contribution in [3.63, 3.8) is 0 Å². The van der Waals surface area contributed by atoms with E-state index in [0.717, 1.165) is 56.2 Å². The van der Waals surface area contributed by atoms with Crippen LogP contribution in [0.2, 0.25) is 0 Å². The lowest BCUT2D eigenvalue weighted by Crippen LogP contribution is -2.51. The second-order valence-electron chi connectivity index (χ2n) is 10.7. The summed E-state index contributed by atoms with van der Waals surface area (Å²) < 4.78 is 6.33. The van der Waals surface area contributed by atoms with Crippen molar-refractivity contribution in [2.24, 2.45) is 0 Å². The smallest absolute Gasteiger partial charge is 0.319 e. The average molecular weight is 518 g/mol. The first-order chi connectivity index (χ1) is 19.2. The fourth-order valence-electron chi connectivity index (χ4n) is 6.44. The van der Waals surface area contributed by atoms with Gasteiger partial charge in [0, 0.05) is 62.8 Å². The van der Waals surface area contributed by atoms with Crippen LogP contribution in [0.25, 0.3) is 10.8 Å². The average Bonchev–Trinajstić information content (AvgIpc) is 3.56. The minimum atomic E-state index is -0.201. The maximum absolute atomic E-state index is 9.31. The molecule has 3 aliphatic rings. The zero-order valence-electron chi connectivity index (χ0n) is 22.0. The van der Waals surface area contributed by atoms with E-state index in [1.807, 2.05) is 19.1 Å². The highest BCUT2D eigenvalue weighted by Gasteiger charge is 2.36. The molecule has 39 heavy (non-hydrogen) atoms. The van der Waals surface area contributed by atoms with Crippen molar-refractivity contribution in [1.29, 1.82) is 5.26 Å². The molecule has 1 saturated heterocycles. The number of hydrogen-bond donors (Lipinski definition) is 1. The number of aromatic nitrogens is 3.